The van der Waals surface area contributed by atoms with Gasteiger partial charge in [0, 0.05) is 11.6 Å². The summed E-state index contributed by atoms with van der Waals surface area (Å²) in [6, 6.07) is 0.396. The van der Waals surface area contributed by atoms with Gasteiger partial charge in [0.2, 0.25) is 0 Å². The first-order valence-corrected chi connectivity index (χ1v) is 6.13. The number of rotatable bonds is 4. The average molecular weight is 213 g/mol. The lowest BCUT2D eigenvalue weighted by Gasteiger charge is -2.44. The monoisotopic (exact) mass is 213 g/mol. The zero-order valence-electron chi connectivity index (χ0n) is 10.7. The largest absolute Gasteiger partial charge is 0.303 e. The lowest BCUT2D eigenvalue weighted by atomic mass is 9.76. The van der Waals surface area contributed by atoms with Crippen LogP contribution in [0.15, 0.2) is 0 Å². The molecule has 1 saturated carbocycles. The molecule has 0 aromatic carbocycles. The zero-order valence-corrected chi connectivity index (χ0v) is 10.7. The van der Waals surface area contributed by atoms with Gasteiger partial charge in [-0.2, -0.15) is 0 Å². The minimum atomic E-state index is 0.122. The van der Waals surface area contributed by atoms with Gasteiger partial charge in [0.25, 0.3) is 0 Å². The van der Waals surface area contributed by atoms with Gasteiger partial charge in [0.15, 0.2) is 0 Å². The van der Waals surface area contributed by atoms with Crippen LogP contribution in [-0.2, 0) is 0 Å². The Morgan fingerprint density at radius 2 is 1.73 bits per heavy atom. The van der Waals surface area contributed by atoms with Crippen LogP contribution in [0.25, 0.3) is 0 Å². The molecule has 0 aromatic heterocycles. The van der Waals surface area contributed by atoms with Gasteiger partial charge in [0.1, 0.15) is 0 Å². The summed E-state index contributed by atoms with van der Waals surface area (Å²) in [5.74, 6) is 6.49. The second kappa shape index (κ2) is 5.28. The minimum Gasteiger partial charge on any atom is -0.303 e. The minimum absolute atomic E-state index is 0.122. The van der Waals surface area contributed by atoms with Crippen LogP contribution in [0.3, 0.4) is 0 Å². The summed E-state index contributed by atoms with van der Waals surface area (Å²) < 4.78 is 0. The summed E-state index contributed by atoms with van der Waals surface area (Å²) in [5.41, 5.74) is 3.17. The number of nitrogens with zero attached hydrogens (tertiary/aromatic N) is 1. The molecule has 0 saturated heterocycles. The van der Waals surface area contributed by atoms with E-state index in [0.29, 0.717) is 6.04 Å². The number of hydrogen-bond acceptors (Lipinski definition) is 3. The zero-order chi connectivity index (χ0) is 11.5. The predicted octanol–water partition coefficient (Wildman–Crippen LogP) is 1.74. The van der Waals surface area contributed by atoms with Crippen molar-refractivity contribution in [3.8, 4) is 0 Å². The predicted molar refractivity (Wildman–Crippen MR) is 65.5 cm³/mol. The summed E-state index contributed by atoms with van der Waals surface area (Å²) >= 11 is 0. The summed E-state index contributed by atoms with van der Waals surface area (Å²) in [6.07, 6.45) is 6.78. The summed E-state index contributed by atoms with van der Waals surface area (Å²) in [4.78, 5) is 2.27. The highest BCUT2D eigenvalue weighted by Crippen LogP contribution is 2.32. The van der Waals surface area contributed by atoms with Crippen molar-refractivity contribution in [2.24, 2.45) is 11.8 Å². The Morgan fingerprint density at radius 3 is 2.13 bits per heavy atom. The van der Waals surface area contributed by atoms with Crippen molar-refractivity contribution in [1.29, 1.82) is 0 Å². The Labute approximate surface area is 94.4 Å². The summed E-state index contributed by atoms with van der Waals surface area (Å²) in [5, 5.41) is 0. The first-order valence-electron chi connectivity index (χ1n) is 6.13. The molecule has 15 heavy (non-hydrogen) atoms. The maximum Gasteiger partial charge on any atom is 0.0417 e. The molecule has 0 aliphatic heterocycles. The molecule has 3 N–H and O–H groups in total. The smallest absolute Gasteiger partial charge is 0.0417 e. The quantitative estimate of drug-likeness (QED) is 0.552. The van der Waals surface area contributed by atoms with Gasteiger partial charge in [-0.3, -0.25) is 11.3 Å². The van der Waals surface area contributed by atoms with Crippen LogP contribution in [0, 0.1) is 5.92 Å². The van der Waals surface area contributed by atoms with E-state index in [4.69, 9.17) is 5.84 Å². The van der Waals surface area contributed by atoms with Crippen LogP contribution in [0.4, 0.5) is 0 Å². The second-order valence-electron chi connectivity index (χ2n) is 5.59. The van der Waals surface area contributed by atoms with Gasteiger partial charge in [0.05, 0.1) is 0 Å². The maximum absolute atomic E-state index is 5.75. The van der Waals surface area contributed by atoms with Crippen LogP contribution in [0.1, 0.15) is 46.0 Å². The summed E-state index contributed by atoms with van der Waals surface area (Å²) in [6.45, 7) is 4.54. The molecular weight excluding hydrogens is 186 g/mol. The number of likely N-dealkylation sites (N-methyl/N-ethyl adjacent to an activating group) is 1. The van der Waals surface area contributed by atoms with Crippen molar-refractivity contribution >= 4 is 0 Å². The van der Waals surface area contributed by atoms with Crippen LogP contribution in [0.2, 0.25) is 0 Å². The number of hydrogen-bond donors (Lipinski definition) is 2. The van der Waals surface area contributed by atoms with Gasteiger partial charge < -0.3 is 4.90 Å². The highest BCUT2D eigenvalue weighted by Gasteiger charge is 2.36. The molecule has 1 rings (SSSR count). The van der Waals surface area contributed by atoms with E-state index < -0.39 is 0 Å². The Kier molecular flexibility index (Phi) is 4.56. The molecule has 0 radical (unpaired) electrons. The van der Waals surface area contributed by atoms with Crippen molar-refractivity contribution in [3.63, 3.8) is 0 Å². The SMILES string of the molecule is CN(C)C(C)(C)C(NN)C1CCCCC1. The molecule has 1 unspecified atom stereocenters. The third-order valence-corrected chi connectivity index (χ3v) is 4.21. The molecule has 0 spiro atoms. The molecule has 3 heteroatoms. The normalized spacial score (nSPS) is 22.0. The molecule has 0 heterocycles. The van der Waals surface area contributed by atoms with Gasteiger partial charge >= 0.3 is 0 Å². The van der Waals surface area contributed by atoms with Gasteiger partial charge in [-0.05, 0) is 46.7 Å². The van der Waals surface area contributed by atoms with Crippen molar-refractivity contribution in [3.05, 3.63) is 0 Å². The Morgan fingerprint density at radius 1 is 1.20 bits per heavy atom. The van der Waals surface area contributed by atoms with E-state index in [9.17, 15) is 0 Å². The van der Waals surface area contributed by atoms with Crippen molar-refractivity contribution < 1.29 is 0 Å². The molecule has 0 bridgehead atoms. The fourth-order valence-electron chi connectivity index (χ4n) is 2.66. The fraction of sp³-hybridized carbons (Fsp3) is 1.00. The van der Waals surface area contributed by atoms with Crippen LogP contribution >= 0.6 is 0 Å². The molecular formula is C12H27N3. The third kappa shape index (κ3) is 2.92. The fourth-order valence-corrected chi connectivity index (χ4v) is 2.66. The van der Waals surface area contributed by atoms with Gasteiger partial charge in [-0.15, -0.1) is 0 Å². The van der Waals surface area contributed by atoms with Crippen LogP contribution in [0.5, 0.6) is 0 Å². The summed E-state index contributed by atoms with van der Waals surface area (Å²) in [7, 11) is 4.26. The van der Waals surface area contributed by atoms with Crippen LogP contribution in [-0.4, -0.2) is 30.6 Å². The van der Waals surface area contributed by atoms with Crippen LogP contribution < -0.4 is 11.3 Å². The average Bonchev–Trinajstić information content (AvgIpc) is 2.19. The van der Waals surface area contributed by atoms with E-state index in [0.717, 1.165) is 5.92 Å². The first-order chi connectivity index (χ1) is 7.00. The lowest BCUT2D eigenvalue weighted by Crippen LogP contribution is -2.60. The van der Waals surface area contributed by atoms with Gasteiger partial charge in [-0.1, -0.05) is 19.3 Å². The van der Waals surface area contributed by atoms with E-state index in [1.807, 2.05) is 0 Å². The third-order valence-electron chi connectivity index (χ3n) is 4.21. The van der Waals surface area contributed by atoms with E-state index in [2.05, 4.69) is 38.3 Å². The molecule has 1 aliphatic rings. The lowest BCUT2D eigenvalue weighted by molar-refractivity contribution is 0.0871. The molecule has 1 atom stereocenters. The van der Waals surface area contributed by atoms with E-state index in [-0.39, 0.29) is 5.54 Å². The molecule has 3 nitrogen and oxygen atoms in total. The molecule has 1 aliphatic carbocycles. The van der Waals surface area contributed by atoms with Crippen molar-refractivity contribution in [2.45, 2.75) is 57.5 Å². The standard InChI is InChI=1S/C12H27N3/c1-12(2,15(3)4)11(14-13)10-8-6-5-7-9-10/h10-11,14H,5-9,13H2,1-4H3. The van der Waals surface area contributed by atoms with Crippen molar-refractivity contribution in [2.75, 3.05) is 14.1 Å². The van der Waals surface area contributed by atoms with E-state index in [1.165, 1.54) is 32.1 Å². The Hall–Kier alpha value is -0.120. The second-order valence-corrected chi connectivity index (χ2v) is 5.59. The molecule has 0 aromatic rings. The molecule has 0 amide bonds. The Balaban J connectivity index is 2.68. The highest BCUT2D eigenvalue weighted by atomic mass is 15.3. The van der Waals surface area contributed by atoms with Gasteiger partial charge in [-0.25, -0.2) is 0 Å². The highest BCUT2D eigenvalue weighted by molar-refractivity contribution is 4.95. The topological polar surface area (TPSA) is 41.3 Å². The number of nitrogens with two attached hydrogens (primary N) is 1. The van der Waals surface area contributed by atoms with E-state index >= 15 is 0 Å². The maximum atomic E-state index is 5.75. The van der Waals surface area contributed by atoms with E-state index in [1.54, 1.807) is 0 Å². The molecule has 90 valence electrons. The van der Waals surface area contributed by atoms with Crippen molar-refractivity contribution in [1.82, 2.24) is 10.3 Å². The number of hydrazine groups is 1. The molecule has 1 fully saturated rings. The number of nitrogens with one attached hydrogen (secondary N) is 1. The first kappa shape index (κ1) is 12.9. The Bertz CT molecular complexity index is 183.